The third-order valence-corrected chi connectivity index (χ3v) is 4.58. The number of benzene rings is 1. The molecule has 0 atom stereocenters. The number of hydrazine groups is 1. The predicted octanol–water partition coefficient (Wildman–Crippen LogP) is 2.95. The van der Waals surface area contributed by atoms with E-state index in [9.17, 15) is 0 Å². The standard InChI is InChI=1S/C13H13BrN4OS/c1-19-11-3-2-7(14)4-8(11)12-16-10-6-20-5-9(10)13(17-12)18-15/h2-4H,5-6,15H2,1H3,(H,16,17,18). The lowest BCUT2D eigenvalue weighted by Gasteiger charge is -2.11. The highest BCUT2D eigenvalue weighted by molar-refractivity contribution is 9.10. The van der Waals surface area contributed by atoms with Gasteiger partial charge in [-0.2, -0.15) is 11.8 Å². The second-order valence-electron chi connectivity index (χ2n) is 4.30. The molecular formula is C13H13BrN4OS. The zero-order valence-electron chi connectivity index (χ0n) is 10.8. The number of ether oxygens (including phenoxy) is 1. The molecule has 0 amide bonds. The van der Waals surface area contributed by atoms with Gasteiger partial charge in [0.2, 0.25) is 0 Å². The van der Waals surface area contributed by atoms with Crippen molar-refractivity contribution in [1.82, 2.24) is 9.97 Å². The van der Waals surface area contributed by atoms with Crippen LogP contribution in [0.2, 0.25) is 0 Å². The first-order valence-corrected chi connectivity index (χ1v) is 7.95. The lowest BCUT2D eigenvalue weighted by atomic mass is 10.1. The maximum absolute atomic E-state index is 5.58. The summed E-state index contributed by atoms with van der Waals surface area (Å²) in [6.07, 6.45) is 0. The van der Waals surface area contributed by atoms with Gasteiger partial charge in [-0.15, -0.1) is 0 Å². The van der Waals surface area contributed by atoms with Crippen LogP contribution in [0.25, 0.3) is 11.4 Å². The lowest BCUT2D eigenvalue weighted by molar-refractivity contribution is 0.416. The van der Waals surface area contributed by atoms with E-state index in [2.05, 4.69) is 31.3 Å². The van der Waals surface area contributed by atoms with Gasteiger partial charge >= 0.3 is 0 Å². The Balaban J connectivity index is 2.18. The second-order valence-corrected chi connectivity index (χ2v) is 6.20. The van der Waals surface area contributed by atoms with E-state index in [0.717, 1.165) is 38.5 Å². The summed E-state index contributed by atoms with van der Waals surface area (Å²) in [7, 11) is 1.64. The second kappa shape index (κ2) is 5.59. The summed E-state index contributed by atoms with van der Waals surface area (Å²) in [5.41, 5.74) is 5.65. The quantitative estimate of drug-likeness (QED) is 0.653. The van der Waals surface area contributed by atoms with Crippen molar-refractivity contribution in [1.29, 1.82) is 0 Å². The van der Waals surface area contributed by atoms with Gasteiger partial charge in [-0.05, 0) is 18.2 Å². The fraction of sp³-hybridized carbons (Fsp3) is 0.231. The van der Waals surface area contributed by atoms with Crippen molar-refractivity contribution in [3.05, 3.63) is 33.9 Å². The number of halogens is 1. The van der Waals surface area contributed by atoms with Gasteiger partial charge in [-0.25, -0.2) is 15.8 Å². The zero-order chi connectivity index (χ0) is 14.1. The summed E-state index contributed by atoms with van der Waals surface area (Å²) >= 11 is 5.28. The Bertz CT molecular complexity index is 665. The third kappa shape index (κ3) is 2.36. The molecular weight excluding hydrogens is 340 g/mol. The molecule has 7 heteroatoms. The van der Waals surface area contributed by atoms with Crippen molar-refractivity contribution in [3.8, 4) is 17.1 Å². The van der Waals surface area contributed by atoms with Gasteiger partial charge in [0.05, 0.1) is 18.4 Å². The van der Waals surface area contributed by atoms with Crippen LogP contribution in [0.3, 0.4) is 0 Å². The van der Waals surface area contributed by atoms with Crippen LogP contribution in [0, 0.1) is 0 Å². The summed E-state index contributed by atoms with van der Waals surface area (Å²) in [6.45, 7) is 0. The molecule has 0 saturated heterocycles. The molecule has 1 aliphatic rings. The zero-order valence-corrected chi connectivity index (χ0v) is 13.2. The van der Waals surface area contributed by atoms with E-state index in [-0.39, 0.29) is 0 Å². The fourth-order valence-electron chi connectivity index (χ4n) is 2.15. The maximum atomic E-state index is 5.58. The molecule has 1 aliphatic heterocycles. The topological polar surface area (TPSA) is 73.1 Å². The molecule has 2 aromatic rings. The summed E-state index contributed by atoms with van der Waals surface area (Å²) in [5, 5.41) is 0. The minimum Gasteiger partial charge on any atom is -0.496 e. The van der Waals surface area contributed by atoms with E-state index >= 15 is 0 Å². The van der Waals surface area contributed by atoms with E-state index in [1.165, 1.54) is 0 Å². The van der Waals surface area contributed by atoms with Gasteiger partial charge in [0.1, 0.15) is 11.6 Å². The number of fused-ring (bicyclic) bond motifs is 1. The van der Waals surface area contributed by atoms with Crippen LogP contribution >= 0.6 is 27.7 Å². The molecule has 2 heterocycles. The van der Waals surface area contributed by atoms with E-state index in [1.54, 1.807) is 7.11 Å². The number of aromatic nitrogens is 2. The predicted molar refractivity (Wildman–Crippen MR) is 84.5 cm³/mol. The molecule has 0 aliphatic carbocycles. The van der Waals surface area contributed by atoms with E-state index in [4.69, 9.17) is 10.6 Å². The van der Waals surface area contributed by atoms with Crippen LogP contribution in [-0.2, 0) is 11.5 Å². The largest absolute Gasteiger partial charge is 0.496 e. The summed E-state index contributed by atoms with van der Waals surface area (Å²) in [6, 6.07) is 5.76. The number of nitrogen functional groups attached to an aromatic ring is 1. The Morgan fingerprint density at radius 2 is 2.20 bits per heavy atom. The van der Waals surface area contributed by atoms with Crippen LogP contribution in [0.15, 0.2) is 22.7 Å². The van der Waals surface area contributed by atoms with E-state index < -0.39 is 0 Å². The smallest absolute Gasteiger partial charge is 0.165 e. The van der Waals surface area contributed by atoms with Crippen molar-refractivity contribution in [3.63, 3.8) is 0 Å². The minimum absolute atomic E-state index is 0.623. The van der Waals surface area contributed by atoms with Crippen molar-refractivity contribution < 1.29 is 4.74 Å². The number of nitrogens with zero attached hydrogens (tertiary/aromatic N) is 2. The first kappa shape index (κ1) is 13.7. The summed E-state index contributed by atoms with van der Waals surface area (Å²) in [4.78, 5) is 9.17. The Kier molecular flexibility index (Phi) is 3.82. The number of hydrogen-bond donors (Lipinski definition) is 2. The Labute approximate surface area is 129 Å². The lowest BCUT2D eigenvalue weighted by Crippen LogP contribution is -2.13. The van der Waals surface area contributed by atoms with Crippen LogP contribution < -0.4 is 16.0 Å². The van der Waals surface area contributed by atoms with E-state index in [1.807, 2.05) is 30.0 Å². The number of rotatable bonds is 3. The Morgan fingerprint density at radius 3 is 2.95 bits per heavy atom. The van der Waals surface area contributed by atoms with Crippen LogP contribution in [0.4, 0.5) is 5.82 Å². The van der Waals surface area contributed by atoms with Crippen molar-refractivity contribution in [2.24, 2.45) is 5.84 Å². The van der Waals surface area contributed by atoms with Gasteiger partial charge in [0.15, 0.2) is 5.82 Å². The monoisotopic (exact) mass is 352 g/mol. The molecule has 104 valence electrons. The molecule has 0 spiro atoms. The summed E-state index contributed by atoms with van der Waals surface area (Å²) < 4.78 is 6.34. The van der Waals surface area contributed by atoms with Crippen LogP contribution in [-0.4, -0.2) is 17.1 Å². The molecule has 0 unspecified atom stereocenters. The highest BCUT2D eigenvalue weighted by Crippen LogP contribution is 2.36. The third-order valence-electron chi connectivity index (χ3n) is 3.12. The first-order valence-electron chi connectivity index (χ1n) is 6.01. The number of thioether (sulfide) groups is 1. The van der Waals surface area contributed by atoms with E-state index in [0.29, 0.717) is 11.6 Å². The molecule has 3 rings (SSSR count). The molecule has 1 aromatic carbocycles. The normalized spacial score (nSPS) is 13.2. The fourth-order valence-corrected chi connectivity index (χ4v) is 3.55. The number of hydrogen-bond acceptors (Lipinski definition) is 6. The number of nitrogens with two attached hydrogens (primary N) is 1. The van der Waals surface area contributed by atoms with Crippen LogP contribution in [0.1, 0.15) is 11.3 Å². The van der Waals surface area contributed by atoms with Crippen molar-refractivity contribution in [2.75, 3.05) is 12.5 Å². The summed E-state index contributed by atoms with van der Waals surface area (Å²) in [5.74, 6) is 9.41. The van der Waals surface area contributed by atoms with Gasteiger partial charge in [-0.3, -0.25) is 0 Å². The highest BCUT2D eigenvalue weighted by Gasteiger charge is 2.21. The molecule has 0 fully saturated rings. The molecule has 1 aromatic heterocycles. The first-order chi connectivity index (χ1) is 9.72. The van der Waals surface area contributed by atoms with Gasteiger partial charge in [-0.1, -0.05) is 15.9 Å². The average molecular weight is 353 g/mol. The van der Waals surface area contributed by atoms with Crippen molar-refractivity contribution >= 4 is 33.5 Å². The molecule has 0 radical (unpaired) electrons. The Hall–Kier alpha value is -1.31. The maximum Gasteiger partial charge on any atom is 0.165 e. The SMILES string of the molecule is COc1ccc(Br)cc1-c1nc2c(c(NN)n1)CSC2. The molecule has 5 nitrogen and oxygen atoms in total. The van der Waals surface area contributed by atoms with Gasteiger partial charge < -0.3 is 10.2 Å². The van der Waals surface area contributed by atoms with Gasteiger partial charge in [0.25, 0.3) is 0 Å². The van der Waals surface area contributed by atoms with Crippen LogP contribution in [0.5, 0.6) is 5.75 Å². The number of anilines is 1. The molecule has 3 N–H and O–H groups in total. The number of nitrogens with one attached hydrogen (secondary N) is 1. The molecule has 0 saturated carbocycles. The number of methoxy groups -OCH3 is 1. The Morgan fingerprint density at radius 1 is 1.35 bits per heavy atom. The molecule has 0 bridgehead atoms. The highest BCUT2D eigenvalue weighted by atomic mass is 79.9. The van der Waals surface area contributed by atoms with Crippen molar-refractivity contribution in [2.45, 2.75) is 11.5 Å². The average Bonchev–Trinajstić information content (AvgIpc) is 2.94. The minimum atomic E-state index is 0.623. The molecule has 20 heavy (non-hydrogen) atoms. The van der Waals surface area contributed by atoms with Gasteiger partial charge in [0, 0.05) is 21.5 Å².